The molecule has 1 N–H and O–H groups in total. The molecule has 0 aromatic heterocycles. The molecule has 0 aliphatic heterocycles. The minimum atomic E-state index is -1.44. The van der Waals surface area contributed by atoms with Gasteiger partial charge in [-0.05, 0) is 55.5 Å². The molecule has 3 aromatic carbocycles. The Morgan fingerprint density at radius 1 is 0.897 bits per heavy atom. The zero-order chi connectivity index (χ0) is 28.0. The molecule has 3 rings (SSSR count). The molecule has 0 aliphatic rings. The van der Waals surface area contributed by atoms with Crippen LogP contribution in [-0.4, -0.2) is 60.9 Å². The number of hydrogen-bond acceptors (Lipinski definition) is 6. The van der Waals surface area contributed by atoms with Crippen LogP contribution in [0.25, 0.3) is 0 Å². The first kappa shape index (κ1) is 29.9. The quantitative estimate of drug-likeness (QED) is 0.224. The Bertz CT molecular complexity index is 1140. The number of aliphatic hydroxyl groups is 1. The third-order valence-electron chi connectivity index (χ3n) is 6.81. The van der Waals surface area contributed by atoms with Gasteiger partial charge < -0.3 is 29.4 Å². The number of aliphatic hydroxyl groups excluding tert-OH is 1. The Balaban J connectivity index is 1.77. The van der Waals surface area contributed by atoms with Gasteiger partial charge in [-0.1, -0.05) is 72.8 Å². The van der Waals surface area contributed by atoms with Crippen LogP contribution < -0.4 is 9.84 Å². The van der Waals surface area contributed by atoms with Gasteiger partial charge in [-0.25, -0.2) is 0 Å². The second-order valence-corrected chi connectivity index (χ2v) is 9.52. The van der Waals surface area contributed by atoms with Crippen LogP contribution in [0.4, 0.5) is 0 Å². The van der Waals surface area contributed by atoms with E-state index in [4.69, 9.17) is 9.47 Å². The number of benzene rings is 3. The zero-order valence-corrected chi connectivity index (χ0v) is 22.7. The topological polar surface area (TPSA) is 99.1 Å². The first-order chi connectivity index (χ1) is 18.9. The normalized spacial score (nSPS) is 13.3. The fourth-order valence-corrected chi connectivity index (χ4v) is 4.56. The van der Waals surface area contributed by atoms with Crippen LogP contribution >= 0.6 is 0 Å². The van der Waals surface area contributed by atoms with Crippen molar-refractivity contribution in [2.75, 3.05) is 33.0 Å². The number of carboxylic acids is 1. The van der Waals surface area contributed by atoms with Gasteiger partial charge in [0.05, 0.1) is 19.2 Å². The van der Waals surface area contributed by atoms with Crippen molar-refractivity contribution in [1.29, 1.82) is 0 Å². The van der Waals surface area contributed by atoms with E-state index in [2.05, 4.69) is 0 Å². The maximum Gasteiger partial charge on any atom is 0.236 e. The third-order valence-corrected chi connectivity index (χ3v) is 6.81. The molecule has 0 heterocycles. The van der Waals surface area contributed by atoms with E-state index in [1.165, 1.54) is 0 Å². The number of hydrogen-bond donors (Lipinski definition) is 1. The lowest BCUT2D eigenvalue weighted by atomic mass is 9.93. The lowest BCUT2D eigenvalue weighted by molar-refractivity contribution is -0.307. The molecule has 0 saturated heterocycles. The zero-order valence-electron chi connectivity index (χ0n) is 22.7. The predicted molar refractivity (Wildman–Crippen MR) is 148 cm³/mol. The SMILES string of the molecule is CCOCCOc1ccc(CCC(C)N(CC(CO)c2ccccc2)C(=O)C(C(=O)[O-])c2ccccc2)cc1. The Labute approximate surface area is 231 Å². The monoisotopic (exact) mass is 532 g/mol. The molecule has 0 radical (unpaired) electrons. The highest BCUT2D eigenvalue weighted by Gasteiger charge is 2.31. The maximum atomic E-state index is 13.8. The van der Waals surface area contributed by atoms with Gasteiger partial charge in [-0.2, -0.15) is 0 Å². The minimum Gasteiger partial charge on any atom is -0.549 e. The summed E-state index contributed by atoms with van der Waals surface area (Å²) in [6, 6.07) is 25.4. The Kier molecular flexibility index (Phi) is 12.0. The average Bonchev–Trinajstić information content (AvgIpc) is 2.96. The van der Waals surface area contributed by atoms with E-state index >= 15 is 0 Å². The van der Waals surface area contributed by atoms with Gasteiger partial charge in [-0.15, -0.1) is 0 Å². The van der Waals surface area contributed by atoms with Gasteiger partial charge in [-0.3, -0.25) is 4.79 Å². The van der Waals surface area contributed by atoms with Crippen LogP contribution in [0.2, 0.25) is 0 Å². The summed E-state index contributed by atoms with van der Waals surface area (Å²) in [5.41, 5.74) is 2.34. The molecular formula is C32H38NO6-. The van der Waals surface area contributed by atoms with Crippen molar-refractivity contribution >= 4 is 11.9 Å². The highest BCUT2D eigenvalue weighted by atomic mass is 16.5. The van der Waals surface area contributed by atoms with Crippen molar-refractivity contribution in [2.24, 2.45) is 0 Å². The van der Waals surface area contributed by atoms with Gasteiger partial charge >= 0.3 is 0 Å². The van der Waals surface area contributed by atoms with Crippen LogP contribution in [0, 0.1) is 0 Å². The van der Waals surface area contributed by atoms with Crippen molar-refractivity contribution in [3.8, 4) is 5.75 Å². The van der Waals surface area contributed by atoms with E-state index in [0.29, 0.717) is 38.2 Å². The molecule has 0 aliphatic carbocycles. The summed E-state index contributed by atoms with van der Waals surface area (Å²) in [6.45, 7) is 5.54. The summed E-state index contributed by atoms with van der Waals surface area (Å²) in [5.74, 6) is -3.01. The summed E-state index contributed by atoms with van der Waals surface area (Å²) in [6.07, 6.45) is 1.29. The van der Waals surface area contributed by atoms with E-state index in [9.17, 15) is 19.8 Å². The van der Waals surface area contributed by atoms with Gasteiger partial charge in [0.15, 0.2) is 0 Å². The summed E-state index contributed by atoms with van der Waals surface area (Å²) in [4.78, 5) is 27.6. The third kappa shape index (κ3) is 8.94. The number of aryl methyl sites for hydroxylation is 1. The van der Waals surface area contributed by atoms with Crippen molar-refractivity contribution in [3.05, 3.63) is 102 Å². The summed E-state index contributed by atoms with van der Waals surface area (Å²) in [7, 11) is 0. The van der Waals surface area contributed by atoms with E-state index in [1.54, 1.807) is 35.2 Å². The van der Waals surface area contributed by atoms with Crippen LogP contribution in [0.3, 0.4) is 0 Å². The van der Waals surface area contributed by atoms with Crippen molar-refractivity contribution in [3.63, 3.8) is 0 Å². The van der Waals surface area contributed by atoms with E-state index in [1.807, 2.05) is 68.4 Å². The largest absolute Gasteiger partial charge is 0.549 e. The summed E-state index contributed by atoms with van der Waals surface area (Å²) >= 11 is 0. The molecule has 7 nitrogen and oxygen atoms in total. The average molecular weight is 533 g/mol. The van der Waals surface area contributed by atoms with Crippen molar-refractivity contribution in [1.82, 2.24) is 4.90 Å². The fourth-order valence-electron chi connectivity index (χ4n) is 4.56. The highest BCUT2D eigenvalue weighted by molar-refractivity contribution is 6.02. The number of amides is 1. The number of carboxylic acid groups (broad SMARTS) is 1. The molecular weight excluding hydrogens is 494 g/mol. The van der Waals surface area contributed by atoms with Gasteiger partial charge in [0.1, 0.15) is 18.3 Å². The first-order valence-corrected chi connectivity index (χ1v) is 13.5. The molecule has 3 atom stereocenters. The molecule has 0 fully saturated rings. The van der Waals surface area contributed by atoms with Crippen LogP contribution in [0.1, 0.15) is 48.8 Å². The smallest absolute Gasteiger partial charge is 0.236 e. The van der Waals surface area contributed by atoms with E-state index in [-0.39, 0.29) is 25.1 Å². The molecule has 3 unspecified atom stereocenters. The second kappa shape index (κ2) is 15.7. The Morgan fingerprint density at radius 2 is 1.51 bits per heavy atom. The summed E-state index contributed by atoms with van der Waals surface area (Å²) < 4.78 is 11.0. The van der Waals surface area contributed by atoms with Crippen LogP contribution in [-0.2, 0) is 20.7 Å². The number of ether oxygens (including phenoxy) is 2. The second-order valence-electron chi connectivity index (χ2n) is 9.52. The van der Waals surface area contributed by atoms with Gasteiger partial charge in [0, 0.05) is 25.1 Å². The fraction of sp³-hybridized carbons (Fsp3) is 0.375. The van der Waals surface area contributed by atoms with Crippen LogP contribution in [0.5, 0.6) is 5.75 Å². The number of carbonyl (C=O) groups excluding carboxylic acids is 2. The summed E-state index contributed by atoms with van der Waals surface area (Å²) in [5, 5.41) is 22.4. The first-order valence-electron chi connectivity index (χ1n) is 13.5. The number of rotatable bonds is 16. The lowest BCUT2D eigenvalue weighted by Crippen LogP contribution is -2.48. The lowest BCUT2D eigenvalue weighted by Gasteiger charge is -2.35. The van der Waals surface area contributed by atoms with Crippen LogP contribution in [0.15, 0.2) is 84.9 Å². The molecule has 208 valence electrons. The standard InChI is InChI=1S/C32H39NO6/c1-3-38-20-21-39-29-18-16-25(17-19-29)15-14-24(2)33(22-28(23-34)26-10-6-4-7-11-26)31(35)30(32(36)37)27-12-8-5-9-13-27/h4-13,16-19,24,28,30,34H,3,14-15,20-23H2,1-2H3,(H,36,37)/p-1. The minimum absolute atomic E-state index is 0.174. The molecule has 0 spiro atoms. The molecule has 0 saturated carbocycles. The Hall–Kier alpha value is -3.68. The predicted octanol–water partition coefficient (Wildman–Crippen LogP) is 3.56. The highest BCUT2D eigenvalue weighted by Crippen LogP contribution is 2.25. The Morgan fingerprint density at radius 3 is 2.08 bits per heavy atom. The molecule has 1 amide bonds. The maximum absolute atomic E-state index is 13.8. The number of carbonyl (C=O) groups is 2. The van der Waals surface area contributed by atoms with E-state index < -0.39 is 17.8 Å². The van der Waals surface area contributed by atoms with Gasteiger partial charge in [0.2, 0.25) is 5.91 Å². The molecule has 39 heavy (non-hydrogen) atoms. The van der Waals surface area contributed by atoms with Gasteiger partial charge in [0.25, 0.3) is 0 Å². The number of nitrogens with zero attached hydrogens (tertiary/aromatic N) is 1. The molecule has 7 heteroatoms. The molecule has 0 bridgehead atoms. The van der Waals surface area contributed by atoms with Crippen molar-refractivity contribution in [2.45, 2.75) is 44.6 Å². The van der Waals surface area contributed by atoms with E-state index in [0.717, 1.165) is 16.9 Å². The van der Waals surface area contributed by atoms with Crippen molar-refractivity contribution < 1.29 is 29.3 Å². The number of aliphatic carboxylic acids is 1. The molecule has 3 aromatic rings.